The molecule has 5 heteroatoms. The van der Waals surface area contributed by atoms with Gasteiger partial charge in [-0.3, -0.25) is 4.79 Å². The standard InChI is InChI=1S/C14H17F2NO2/c1-14(2,13(18)17-3)7-4-8-19-12-6-5-10(15)9-11(12)16/h5-6,9H,3-4,7-8H2,1-2H3. The Kier molecular flexibility index (Phi) is 5.15. The molecule has 104 valence electrons. The zero-order chi connectivity index (χ0) is 14.5. The fourth-order valence-corrected chi connectivity index (χ4v) is 1.61. The van der Waals surface area contributed by atoms with Crippen molar-refractivity contribution in [1.29, 1.82) is 0 Å². The van der Waals surface area contributed by atoms with E-state index in [4.69, 9.17) is 4.74 Å². The maximum absolute atomic E-state index is 13.3. The van der Waals surface area contributed by atoms with E-state index in [1.165, 1.54) is 6.07 Å². The number of hydrogen-bond donors (Lipinski definition) is 0. The SMILES string of the molecule is C=NC(=O)C(C)(C)CCCOc1ccc(F)cc1F. The third-order valence-electron chi connectivity index (χ3n) is 2.82. The lowest BCUT2D eigenvalue weighted by atomic mass is 9.87. The van der Waals surface area contributed by atoms with Crippen LogP contribution in [0.2, 0.25) is 0 Å². The zero-order valence-electron chi connectivity index (χ0n) is 11.1. The molecule has 0 N–H and O–H groups in total. The minimum atomic E-state index is -0.733. The summed E-state index contributed by atoms with van der Waals surface area (Å²) in [6.45, 7) is 6.99. The highest BCUT2D eigenvalue weighted by Crippen LogP contribution is 2.24. The number of carbonyl (C=O) groups excluding carboxylic acids is 1. The normalized spacial score (nSPS) is 11.2. The lowest BCUT2D eigenvalue weighted by Crippen LogP contribution is -2.22. The van der Waals surface area contributed by atoms with Crippen LogP contribution >= 0.6 is 0 Å². The Balaban J connectivity index is 2.43. The molecule has 1 aromatic carbocycles. The molecule has 0 atom stereocenters. The van der Waals surface area contributed by atoms with Crippen molar-refractivity contribution in [3.8, 4) is 5.75 Å². The molecule has 0 radical (unpaired) electrons. The molecule has 19 heavy (non-hydrogen) atoms. The number of halogens is 2. The van der Waals surface area contributed by atoms with Crippen molar-refractivity contribution in [2.75, 3.05) is 6.61 Å². The van der Waals surface area contributed by atoms with Crippen LogP contribution in [0.4, 0.5) is 8.78 Å². The second-order valence-electron chi connectivity index (χ2n) is 4.87. The summed E-state index contributed by atoms with van der Waals surface area (Å²) >= 11 is 0. The monoisotopic (exact) mass is 269 g/mol. The van der Waals surface area contributed by atoms with Gasteiger partial charge in [-0.25, -0.2) is 13.8 Å². The van der Waals surface area contributed by atoms with Crippen LogP contribution in [0.25, 0.3) is 0 Å². The van der Waals surface area contributed by atoms with E-state index >= 15 is 0 Å². The van der Waals surface area contributed by atoms with Gasteiger partial charge in [-0.15, -0.1) is 0 Å². The fraction of sp³-hybridized carbons (Fsp3) is 0.429. The predicted octanol–water partition coefficient (Wildman–Crippen LogP) is 3.38. The molecule has 1 aromatic rings. The van der Waals surface area contributed by atoms with E-state index in [0.29, 0.717) is 12.8 Å². The predicted molar refractivity (Wildman–Crippen MR) is 69.4 cm³/mol. The third kappa shape index (κ3) is 4.43. The van der Waals surface area contributed by atoms with E-state index in [1.54, 1.807) is 13.8 Å². The lowest BCUT2D eigenvalue weighted by molar-refractivity contribution is -0.126. The second kappa shape index (κ2) is 6.41. The maximum atomic E-state index is 13.3. The molecular weight excluding hydrogens is 252 g/mol. The number of aliphatic imine (C=N–C) groups is 1. The van der Waals surface area contributed by atoms with Crippen molar-refractivity contribution < 1.29 is 18.3 Å². The van der Waals surface area contributed by atoms with E-state index in [0.717, 1.165) is 12.1 Å². The first kappa shape index (κ1) is 15.3. The number of ether oxygens (including phenoxy) is 1. The molecule has 1 amide bonds. The van der Waals surface area contributed by atoms with Gasteiger partial charge in [-0.2, -0.15) is 0 Å². The highest BCUT2D eigenvalue weighted by atomic mass is 19.1. The fourth-order valence-electron chi connectivity index (χ4n) is 1.61. The number of nitrogens with zero attached hydrogens (tertiary/aromatic N) is 1. The smallest absolute Gasteiger partial charge is 0.250 e. The molecule has 0 unspecified atom stereocenters. The molecule has 0 spiro atoms. The molecule has 0 fully saturated rings. The molecular formula is C14H17F2NO2. The van der Waals surface area contributed by atoms with Gasteiger partial charge in [0, 0.05) is 11.5 Å². The van der Waals surface area contributed by atoms with E-state index in [9.17, 15) is 13.6 Å². The van der Waals surface area contributed by atoms with Crippen LogP contribution in [0, 0.1) is 17.0 Å². The van der Waals surface area contributed by atoms with Crippen LogP contribution in [0.1, 0.15) is 26.7 Å². The third-order valence-corrected chi connectivity index (χ3v) is 2.82. The Hall–Kier alpha value is -1.78. The van der Waals surface area contributed by atoms with Crippen LogP contribution < -0.4 is 4.74 Å². The van der Waals surface area contributed by atoms with Gasteiger partial charge in [0.05, 0.1) is 6.61 Å². The molecule has 0 aromatic heterocycles. The van der Waals surface area contributed by atoms with E-state index in [1.807, 2.05) is 0 Å². The molecule has 3 nitrogen and oxygen atoms in total. The van der Waals surface area contributed by atoms with E-state index in [2.05, 4.69) is 11.7 Å². The highest BCUT2D eigenvalue weighted by molar-refractivity contribution is 5.85. The van der Waals surface area contributed by atoms with Crippen LogP contribution in [0.3, 0.4) is 0 Å². The topological polar surface area (TPSA) is 38.7 Å². The Bertz CT molecular complexity index is 473. The average Bonchev–Trinajstić information content (AvgIpc) is 2.35. The van der Waals surface area contributed by atoms with Crippen molar-refractivity contribution in [1.82, 2.24) is 0 Å². The number of rotatable bonds is 6. The Morgan fingerprint density at radius 1 is 1.42 bits per heavy atom. The van der Waals surface area contributed by atoms with Crippen LogP contribution in [-0.4, -0.2) is 19.2 Å². The van der Waals surface area contributed by atoms with Crippen molar-refractivity contribution in [2.24, 2.45) is 10.4 Å². The molecule has 0 aliphatic carbocycles. The van der Waals surface area contributed by atoms with Gasteiger partial charge in [0.2, 0.25) is 0 Å². The minimum absolute atomic E-state index is 0.00683. The molecule has 1 rings (SSSR count). The summed E-state index contributed by atoms with van der Waals surface area (Å²) in [6.07, 6.45) is 1.11. The van der Waals surface area contributed by atoms with E-state index < -0.39 is 17.0 Å². The van der Waals surface area contributed by atoms with Crippen molar-refractivity contribution in [2.45, 2.75) is 26.7 Å². The van der Waals surface area contributed by atoms with Crippen molar-refractivity contribution in [3.63, 3.8) is 0 Å². The first-order valence-electron chi connectivity index (χ1n) is 5.96. The van der Waals surface area contributed by atoms with Crippen LogP contribution in [-0.2, 0) is 4.79 Å². The van der Waals surface area contributed by atoms with Crippen LogP contribution in [0.15, 0.2) is 23.2 Å². The summed E-state index contributed by atoms with van der Waals surface area (Å²) in [4.78, 5) is 14.8. The van der Waals surface area contributed by atoms with Crippen molar-refractivity contribution in [3.05, 3.63) is 29.8 Å². The number of carbonyl (C=O) groups is 1. The summed E-state index contributed by atoms with van der Waals surface area (Å²) in [6, 6.07) is 3.14. The zero-order valence-corrected chi connectivity index (χ0v) is 11.1. The van der Waals surface area contributed by atoms with Crippen LogP contribution in [0.5, 0.6) is 5.75 Å². The first-order chi connectivity index (χ1) is 8.86. The second-order valence-corrected chi connectivity index (χ2v) is 4.87. The van der Waals surface area contributed by atoms with Crippen molar-refractivity contribution >= 4 is 12.6 Å². The first-order valence-corrected chi connectivity index (χ1v) is 5.96. The Morgan fingerprint density at radius 3 is 2.68 bits per heavy atom. The van der Waals surface area contributed by atoms with Gasteiger partial charge in [0.1, 0.15) is 5.82 Å². The molecule has 0 saturated carbocycles. The van der Waals surface area contributed by atoms with Gasteiger partial charge >= 0.3 is 0 Å². The molecule has 0 saturated heterocycles. The van der Waals surface area contributed by atoms with Gasteiger partial charge in [-0.1, -0.05) is 13.8 Å². The summed E-state index contributed by atoms with van der Waals surface area (Å²) in [5, 5.41) is 0. The summed E-state index contributed by atoms with van der Waals surface area (Å²) in [5.41, 5.74) is -0.605. The molecule has 0 bridgehead atoms. The average molecular weight is 269 g/mol. The molecule has 0 aliphatic heterocycles. The Labute approximate surface area is 111 Å². The number of benzene rings is 1. The van der Waals surface area contributed by atoms with Gasteiger partial charge in [0.15, 0.2) is 11.6 Å². The molecule has 0 heterocycles. The van der Waals surface area contributed by atoms with Gasteiger partial charge in [-0.05, 0) is 31.7 Å². The van der Waals surface area contributed by atoms with E-state index in [-0.39, 0.29) is 18.3 Å². The summed E-state index contributed by atoms with van der Waals surface area (Å²) in [5.74, 6) is -1.65. The van der Waals surface area contributed by atoms with Gasteiger partial charge < -0.3 is 4.74 Å². The summed E-state index contributed by atoms with van der Waals surface area (Å²) < 4.78 is 31.1. The number of amides is 1. The quantitative estimate of drug-likeness (QED) is 0.586. The lowest BCUT2D eigenvalue weighted by Gasteiger charge is -2.19. The van der Waals surface area contributed by atoms with Gasteiger partial charge in [0.25, 0.3) is 5.91 Å². The number of hydrogen-bond acceptors (Lipinski definition) is 2. The molecule has 0 aliphatic rings. The largest absolute Gasteiger partial charge is 0.491 e. The minimum Gasteiger partial charge on any atom is -0.491 e. The summed E-state index contributed by atoms with van der Waals surface area (Å²) in [7, 11) is 0. The Morgan fingerprint density at radius 2 is 2.11 bits per heavy atom. The maximum Gasteiger partial charge on any atom is 0.250 e. The highest BCUT2D eigenvalue weighted by Gasteiger charge is 2.25.